The summed E-state index contributed by atoms with van der Waals surface area (Å²) in [5.74, 6) is 0.692. The summed E-state index contributed by atoms with van der Waals surface area (Å²) in [6.45, 7) is 3.09. The second-order valence-electron chi connectivity index (χ2n) is 6.96. The van der Waals surface area contributed by atoms with Gasteiger partial charge in [0.2, 0.25) is 0 Å². The van der Waals surface area contributed by atoms with Crippen molar-refractivity contribution in [3.63, 3.8) is 0 Å². The topological polar surface area (TPSA) is 55.8 Å². The highest BCUT2D eigenvalue weighted by molar-refractivity contribution is 5.79. The fourth-order valence-electron chi connectivity index (χ4n) is 4.04. The molecule has 5 atom stereocenters. The molecule has 2 heterocycles. The van der Waals surface area contributed by atoms with Crippen molar-refractivity contribution in [2.45, 2.75) is 50.9 Å². The number of carbonyl (C=O) groups is 1. The minimum atomic E-state index is -0.616. The van der Waals surface area contributed by atoms with Crippen LogP contribution in [0.4, 0.5) is 0 Å². The number of rotatable bonds is 9. The maximum Gasteiger partial charge on any atom is 0.135 e. The van der Waals surface area contributed by atoms with Gasteiger partial charge in [0.1, 0.15) is 5.78 Å². The highest BCUT2D eigenvalue weighted by Crippen LogP contribution is 2.46. The third-order valence-corrected chi connectivity index (χ3v) is 5.34. The Morgan fingerprint density at radius 2 is 2.08 bits per heavy atom. The van der Waals surface area contributed by atoms with Gasteiger partial charge in [-0.1, -0.05) is 42.5 Å². The normalized spacial score (nSPS) is 29.4. The first-order valence-electron chi connectivity index (χ1n) is 9.35. The van der Waals surface area contributed by atoms with Crippen molar-refractivity contribution in [3.8, 4) is 0 Å². The first-order valence-corrected chi connectivity index (χ1v) is 9.35. The van der Waals surface area contributed by atoms with Crippen LogP contribution in [0, 0.1) is 11.8 Å². The average molecular weight is 344 g/mol. The van der Waals surface area contributed by atoms with Crippen LogP contribution in [0.5, 0.6) is 0 Å². The fraction of sp³-hybridized carbons (Fsp3) is 0.571. The molecule has 0 aliphatic carbocycles. The molecule has 0 aromatic heterocycles. The van der Waals surface area contributed by atoms with E-state index in [2.05, 4.69) is 6.08 Å². The van der Waals surface area contributed by atoms with Gasteiger partial charge in [0, 0.05) is 31.3 Å². The van der Waals surface area contributed by atoms with E-state index < -0.39 is 6.10 Å². The van der Waals surface area contributed by atoms with E-state index >= 15 is 0 Å². The summed E-state index contributed by atoms with van der Waals surface area (Å²) in [5, 5.41) is 10.4. The van der Waals surface area contributed by atoms with Crippen molar-refractivity contribution in [2.24, 2.45) is 11.8 Å². The Hall–Kier alpha value is -1.49. The number of ketones is 1. The van der Waals surface area contributed by atoms with E-state index in [4.69, 9.17) is 9.47 Å². The molecule has 0 amide bonds. The third-order valence-electron chi connectivity index (χ3n) is 5.34. The molecule has 3 rings (SSSR count). The van der Waals surface area contributed by atoms with Crippen LogP contribution in [0.25, 0.3) is 0 Å². The molecular formula is C21H28O4. The lowest BCUT2D eigenvalue weighted by Gasteiger charge is -2.25. The summed E-state index contributed by atoms with van der Waals surface area (Å²) in [6, 6.07) is 9.62. The highest BCUT2D eigenvalue weighted by Gasteiger charge is 2.48. The lowest BCUT2D eigenvalue weighted by atomic mass is 9.76. The zero-order valence-corrected chi connectivity index (χ0v) is 14.8. The molecular weight excluding hydrogens is 316 g/mol. The molecule has 0 saturated carbocycles. The number of aliphatic hydroxyl groups excluding tert-OH is 1. The van der Waals surface area contributed by atoms with Crippen LogP contribution in [-0.4, -0.2) is 36.3 Å². The molecule has 1 aromatic rings. The van der Waals surface area contributed by atoms with Crippen molar-refractivity contribution < 1.29 is 19.4 Å². The van der Waals surface area contributed by atoms with Crippen LogP contribution in [-0.2, 0) is 14.3 Å². The average Bonchev–Trinajstić information content (AvgIpc) is 3.22. The Morgan fingerprint density at radius 3 is 2.84 bits per heavy atom. The number of Topliss-reactive ketones (excluding diaryl/α,β-unsaturated/α-hetero) is 1. The molecule has 136 valence electrons. The van der Waals surface area contributed by atoms with Gasteiger partial charge in [0.05, 0.1) is 24.9 Å². The summed E-state index contributed by atoms with van der Waals surface area (Å²) >= 11 is 0. The largest absolute Gasteiger partial charge is 0.384 e. The number of aliphatic hydroxyl groups is 1. The smallest absolute Gasteiger partial charge is 0.135 e. The van der Waals surface area contributed by atoms with Gasteiger partial charge in [0.25, 0.3) is 0 Å². The van der Waals surface area contributed by atoms with Gasteiger partial charge in [-0.15, -0.1) is 0 Å². The zero-order chi connectivity index (χ0) is 17.6. The van der Waals surface area contributed by atoms with Crippen molar-refractivity contribution >= 4 is 5.78 Å². The number of hydrogen-bond donors (Lipinski definition) is 1. The predicted octanol–water partition coefficient (Wildman–Crippen LogP) is 3.46. The highest BCUT2D eigenvalue weighted by atomic mass is 16.5. The summed E-state index contributed by atoms with van der Waals surface area (Å²) in [7, 11) is 0. The Balaban J connectivity index is 1.60. The quantitative estimate of drug-likeness (QED) is 0.551. The van der Waals surface area contributed by atoms with Crippen molar-refractivity contribution in [1.82, 2.24) is 0 Å². The van der Waals surface area contributed by atoms with E-state index in [0.29, 0.717) is 26.1 Å². The van der Waals surface area contributed by atoms with Gasteiger partial charge in [-0.3, -0.25) is 4.79 Å². The van der Waals surface area contributed by atoms with Gasteiger partial charge < -0.3 is 14.6 Å². The Kier molecular flexibility index (Phi) is 6.40. The molecule has 4 nitrogen and oxygen atoms in total. The van der Waals surface area contributed by atoms with Crippen LogP contribution in [0.3, 0.4) is 0 Å². The van der Waals surface area contributed by atoms with E-state index in [0.717, 1.165) is 18.4 Å². The maximum atomic E-state index is 12.2. The molecule has 1 unspecified atom stereocenters. The Bertz CT molecular complexity index is 583. The monoisotopic (exact) mass is 344 g/mol. The number of benzene rings is 1. The minimum absolute atomic E-state index is 0.185. The number of hydrogen-bond acceptors (Lipinski definition) is 4. The Morgan fingerprint density at radius 1 is 1.32 bits per heavy atom. The predicted molar refractivity (Wildman–Crippen MR) is 96.2 cm³/mol. The summed E-state index contributed by atoms with van der Waals surface area (Å²) in [5.41, 5.74) is 0.882. The number of fused-ring (bicyclic) bond motifs is 2. The lowest BCUT2D eigenvalue weighted by molar-refractivity contribution is -0.121. The standard InChI is InChI=1S/C21H28O4/c1-2-24-13-12-16(22)14-18-17(20-10-11-21(18)25-20)8-9-19(23)15-6-4-3-5-7-15/h3-9,17-21,23H,2,10-14H2,1H3/t17-,18+,19?,20-,21+/m0/s1. The Labute approximate surface area is 149 Å². The van der Waals surface area contributed by atoms with E-state index in [1.165, 1.54) is 0 Å². The molecule has 2 saturated heterocycles. The molecule has 1 N–H and O–H groups in total. The number of ether oxygens (including phenoxy) is 2. The molecule has 2 aliphatic rings. The van der Waals surface area contributed by atoms with Crippen molar-refractivity contribution in [3.05, 3.63) is 48.0 Å². The first kappa shape index (κ1) is 18.3. The van der Waals surface area contributed by atoms with Gasteiger partial charge >= 0.3 is 0 Å². The molecule has 2 bridgehead atoms. The molecule has 0 spiro atoms. The zero-order valence-electron chi connectivity index (χ0n) is 14.8. The van der Waals surface area contributed by atoms with Gasteiger partial charge in [-0.2, -0.15) is 0 Å². The molecule has 1 aromatic carbocycles. The second kappa shape index (κ2) is 8.75. The van der Waals surface area contributed by atoms with Crippen LogP contribution < -0.4 is 0 Å². The van der Waals surface area contributed by atoms with E-state index in [-0.39, 0.29) is 29.8 Å². The number of carbonyl (C=O) groups excluding carboxylic acids is 1. The summed E-state index contributed by atoms with van der Waals surface area (Å²) in [6.07, 6.45) is 6.79. The minimum Gasteiger partial charge on any atom is -0.384 e. The van der Waals surface area contributed by atoms with Gasteiger partial charge in [-0.05, 0) is 25.3 Å². The van der Waals surface area contributed by atoms with E-state index in [1.54, 1.807) is 0 Å². The van der Waals surface area contributed by atoms with Crippen LogP contribution in [0.15, 0.2) is 42.5 Å². The second-order valence-corrected chi connectivity index (χ2v) is 6.96. The summed E-state index contributed by atoms with van der Waals surface area (Å²) in [4.78, 5) is 12.2. The SMILES string of the molecule is CCOCCC(=O)C[C@@H]1[C@H](C=CC(O)c2ccccc2)[C@@H]2CC[C@H]1O2. The molecule has 4 heteroatoms. The van der Waals surface area contributed by atoms with Crippen molar-refractivity contribution in [2.75, 3.05) is 13.2 Å². The maximum absolute atomic E-state index is 12.2. The van der Waals surface area contributed by atoms with Crippen LogP contribution >= 0.6 is 0 Å². The first-order chi connectivity index (χ1) is 12.2. The fourth-order valence-corrected chi connectivity index (χ4v) is 4.04. The molecule has 25 heavy (non-hydrogen) atoms. The molecule has 2 fully saturated rings. The third kappa shape index (κ3) is 4.57. The molecule has 2 aliphatic heterocycles. The molecule has 0 radical (unpaired) electrons. The van der Waals surface area contributed by atoms with Crippen molar-refractivity contribution in [1.29, 1.82) is 0 Å². The van der Waals surface area contributed by atoms with E-state index in [9.17, 15) is 9.90 Å². The van der Waals surface area contributed by atoms with Crippen LogP contribution in [0.1, 0.15) is 44.3 Å². The van der Waals surface area contributed by atoms with Gasteiger partial charge in [0.15, 0.2) is 0 Å². The van der Waals surface area contributed by atoms with Crippen LogP contribution in [0.2, 0.25) is 0 Å². The summed E-state index contributed by atoms with van der Waals surface area (Å²) < 4.78 is 11.3. The lowest BCUT2D eigenvalue weighted by Crippen LogP contribution is -2.28. The van der Waals surface area contributed by atoms with E-state index in [1.807, 2.05) is 43.3 Å². The van der Waals surface area contributed by atoms with Gasteiger partial charge in [-0.25, -0.2) is 0 Å².